The molecule has 0 saturated carbocycles. The second-order valence-corrected chi connectivity index (χ2v) is 5.62. The Hall–Kier alpha value is -1.44. The summed E-state index contributed by atoms with van der Waals surface area (Å²) in [5.41, 5.74) is 1.07. The average Bonchev–Trinajstić information content (AvgIpc) is 2.31. The van der Waals surface area contributed by atoms with E-state index in [9.17, 15) is 13.2 Å². The Kier molecular flexibility index (Phi) is 4.83. The highest BCUT2D eigenvalue weighted by Crippen LogP contribution is 2.19. The van der Waals surface area contributed by atoms with Crippen molar-refractivity contribution in [1.29, 1.82) is 0 Å². The van der Waals surface area contributed by atoms with Crippen LogP contribution in [0.15, 0.2) is 23.1 Å². The molecule has 1 aromatic rings. The molecule has 0 atom stereocenters. The SMILES string of the molecule is CNCC(=O)Nc1ccc(C)c(S(=O)(=O)NC)c1. The van der Waals surface area contributed by atoms with Crippen LogP contribution >= 0.6 is 0 Å². The third-order valence-electron chi connectivity index (χ3n) is 2.37. The Balaban J connectivity index is 3.05. The van der Waals surface area contributed by atoms with Gasteiger partial charge in [0.2, 0.25) is 15.9 Å². The summed E-state index contributed by atoms with van der Waals surface area (Å²) in [5, 5.41) is 5.33. The van der Waals surface area contributed by atoms with Crippen LogP contribution in [0.1, 0.15) is 5.56 Å². The Labute approximate surface area is 107 Å². The third-order valence-corrected chi connectivity index (χ3v) is 3.92. The Morgan fingerprint density at radius 3 is 2.50 bits per heavy atom. The summed E-state index contributed by atoms with van der Waals surface area (Å²) in [4.78, 5) is 11.5. The van der Waals surface area contributed by atoms with E-state index in [4.69, 9.17) is 0 Å². The summed E-state index contributed by atoms with van der Waals surface area (Å²) in [6, 6.07) is 4.76. The lowest BCUT2D eigenvalue weighted by Crippen LogP contribution is -2.25. The standard InChI is InChI=1S/C11H17N3O3S/c1-8-4-5-9(14-11(15)7-12-2)6-10(8)18(16,17)13-3/h4-6,12-13H,7H2,1-3H3,(H,14,15). The maximum Gasteiger partial charge on any atom is 0.240 e. The van der Waals surface area contributed by atoms with Crippen LogP contribution in [0.25, 0.3) is 0 Å². The van der Waals surface area contributed by atoms with Crippen molar-refractivity contribution in [3.8, 4) is 0 Å². The first-order valence-electron chi connectivity index (χ1n) is 5.39. The molecule has 0 aliphatic rings. The first-order chi connectivity index (χ1) is 8.40. The van der Waals surface area contributed by atoms with E-state index in [1.165, 1.54) is 13.1 Å². The smallest absolute Gasteiger partial charge is 0.240 e. The highest BCUT2D eigenvalue weighted by Gasteiger charge is 2.15. The van der Waals surface area contributed by atoms with E-state index in [1.807, 2.05) is 0 Å². The van der Waals surface area contributed by atoms with E-state index in [-0.39, 0.29) is 17.3 Å². The van der Waals surface area contributed by atoms with Crippen molar-refractivity contribution < 1.29 is 13.2 Å². The van der Waals surface area contributed by atoms with Gasteiger partial charge in [0.25, 0.3) is 0 Å². The molecule has 18 heavy (non-hydrogen) atoms. The van der Waals surface area contributed by atoms with Gasteiger partial charge >= 0.3 is 0 Å². The number of rotatable bonds is 5. The number of likely N-dealkylation sites (N-methyl/N-ethyl adjacent to an activating group) is 1. The topological polar surface area (TPSA) is 87.3 Å². The van der Waals surface area contributed by atoms with Gasteiger partial charge in [-0.15, -0.1) is 0 Å². The molecular weight excluding hydrogens is 254 g/mol. The number of aryl methyl sites for hydroxylation is 1. The van der Waals surface area contributed by atoms with E-state index in [0.29, 0.717) is 11.3 Å². The quantitative estimate of drug-likeness (QED) is 0.707. The van der Waals surface area contributed by atoms with Gasteiger partial charge in [0, 0.05) is 5.69 Å². The van der Waals surface area contributed by atoms with Crippen molar-refractivity contribution in [3.05, 3.63) is 23.8 Å². The van der Waals surface area contributed by atoms with E-state index in [1.54, 1.807) is 26.1 Å². The zero-order valence-corrected chi connectivity index (χ0v) is 11.4. The minimum Gasteiger partial charge on any atom is -0.325 e. The molecule has 0 radical (unpaired) electrons. The number of amides is 1. The lowest BCUT2D eigenvalue weighted by Gasteiger charge is -2.10. The molecule has 100 valence electrons. The number of benzene rings is 1. The number of carbonyl (C=O) groups is 1. The fourth-order valence-electron chi connectivity index (χ4n) is 1.44. The normalized spacial score (nSPS) is 11.3. The number of carbonyl (C=O) groups excluding carboxylic acids is 1. The Morgan fingerprint density at radius 2 is 1.94 bits per heavy atom. The van der Waals surface area contributed by atoms with Gasteiger partial charge in [-0.25, -0.2) is 13.1 Å². The molecule has 0 aliphatic carbocycles. The molecular formula is C11H17N3O3S. The molecule has 0 spiro atoms. The van der Waals surface area contributed by atoms with Crippen LogP contribution in [-0.4, -0.2) is 35.0 Å². The maximum atomic E-state index is 11.7. The zero-order valence-electron chi connectivity index (χ0n) is 10.6. The molecule has 0 unspecified atom stereocenters. The Bertz CT molecular complexity index is 540. The van der Waals surface area contributed by atoms with Crippen molar-refractivity contribution in [2.45, 2.75) is 11.8 Å². The minimum atomic E-state index is -3.52. The summed E-state index contributed by atoms with van der Waals surface area (Å²) in [5.74, 6) is -0.228. The van der Waals surface area contributed by atoms with Crippen molar-refractivity contribution in [3.63, 3.8) is 0 Å². The first kappa shape index (κ1) is 14.6. The van der Waals surface area contributed by atoms with Gasteiger partial charge in [-0.3, -0.25) is 4.79 Å². The van der Waals surface area contributed by atoms with Crippen LogP contribution in [0, 0.1) is 6.92 Å². The average molecular weight is 271 g/mol. The monoisotopic (exact) mass is 271 g/mol. The molecule has 7 heteroatoms. The predicted octanol–water partition coefficient (Wildman–Crippen LogP) is 0.0610. The van der Waals surface area contributed by atoms with Gasteiger partial charge in [0.1, 0.15) is 0 Å². The molecule has 0 bridgehead atoms. The molecule has 0 aliphatic heterocycles. The predicted molar refractivity (Wildman–Crippen MR) is 70.0 cm³/mol. The molecule has 1 rings (SSSR count). The summed E-state index contributed by atoms with van der Waals surface area (Å²) in [6.45, 7) is 1.87. The second kappa shape index (κ2) is 5.94. The summed E-state index contributed by atoms with van der Waals surface area (Å²) in [7, 11) is -0.510. The largest absolute Gasteiger partial charge is 0.325 e. The molecule has 0 aromatic heterocycles. The van der Waals surface area contributed by atoms with Crippen LogP contribution in [0.5, 0.6) is 0 Å². The summed E-state index contributed by atoms with van der Waals surface area (Å²) in [6.07, 6.45) is 0. The molecule has 0 fully saturated rings. The Morgan fingerprint density at radius 1 is 1.28 bits per heavy atom. The molecule has 3 N–H and O–H groups in total. The van der Waals surface area contributed by atoms with Crippen LogP contribution in [0.3, 0.4) is 0 Å². The minimum absolute atomic E-state index is 0.159. The van der Waals surface area contributed by atoms with Crippen LogP contribution in [-0.2, 0) is 14.8 Å². The molecule has 1 aromatic carbocycles. The second-order valence-electron chi connectivity index (χ2n) is 3.77. The number of sulfonamides is 1. The number of nitrogens with one attached hydrogen (secondary N) is 3. The number of anilines is 1. The van der Waals surface area contributed by atoms with Crippen LogP contribution in [0.2, 0.25) is 0 Å². The van der Waals surface area contributed by atoms with E-state index in [0.717, 1.165) is 0 Å². The fourth-order valence-corrected chi connectivity index (χ4v) is 2.44. The first-order valence-corrected chi connectivity index (χ1v) is 6.87. The van der Waals surface area contributed by atoms with Gasteiger partial charge < -0.3 is 10.6 Å². The van der Waals surface area contributed by atoms with Crippen LogP contribution in [0.4, 0.5) is 5.69 Å². The van der Waals surface area contributed by atoms with Crippen molar-refractivity contribution >= 4 is 21.6 Å². The van der Waals surface area contributed by atoms with Gasteiger partial charge in [-0.2, -0.15) is 0 Å². The summed E-state index contributed by atoms with van der Waals surface area (Å²) >= 11 is 0. The number of hydrogen-bond donors (Lipinski definition) is 3. The number of hydrogen-bond acceptors (Lipinski definition) is 4. The van der Waals surface area contributed by atoms with E-state index < -0.39 is 10.0 Å². The lowest BCUT2D eigenvalue weighted by atomic mass is 10.2. The van der Waals surface area contributed by atoms with Gasteiger partial charge in [-0.1, -0.05) is 6.07 Å². The van der Waals surface area contributed by atoms with Gasteiger partial charge in [0.05, 0.1) is 11.4 Å². The summed E-state index contributed by atoms with van der Waals surface area (Å²) < 4.78 is 25.7. The van der Waals surface area contributed by atoms with Gasteiger partial charge in [-0.05, 0) is 38.7 Å². The highest BCUT2D eigenvalue weighted by molar-refractivity contribution is 7.89. The molecule has 0 saturated heterocycles. The van der Waals surface area contributed by atoms with E-state index >= 15 is 0 Å². The van der Waals surface area contributed by atoms with E-state index in [2.05, 4.69) is 15.4 Å². The molecule has 6 nitrogen and oxygen atoms in total. The molecule has 1 amide bonds. The molecule has 0 heterocycles. The van der Waals surface area contributed by atoms with Crippen molar-refractivity contribution in [1.82, 2.24) is 10.0 Å². The van der Waals surface area contributed by atoms with Crippen molar-refractivity contribution in [2.24, 2.45) is 0 Å². The lowest BCUT2D eigenvalue weighted by molar-refractivity contribution is -0.115. The zero-order chi connectivity index (χ0) is 13.8. The highest BCUT2D eigenvalue weighted by atomic mass is 32.2. The third kappa shape index (κ3) is 3.52. The van der Waals surface area contributed by atoms with Gasteiger partial charge in [0.15, 0.2) is 0 Å². The van der Waals surface area contributed by atoms with Crippen molar-refractivity contribution in [2.75, 3.05) is 26.0 Å². The fraction of sp³-hybridized carbons (Fsp3) is 0.364. The van der Waals surface area contributed by atoms with Crippen LogP contribution < -0.4 is 15.4 Å². The maximum absolute atomic E-state index is 11.7.